The molecule has 0 fully saturated rings. The fourth-order valence-electron chi connectivity index (χ4n) is 7.74. The van der Waals surface area contributed by atoms with Crippen LogP contribution in [-0.4, -0.2) is 5.60 Å². The third-order valence-electron chi connectivity index (χ3n) is 13.4. The molecule has 6 aromatic carbocycles. The molecule has 0 saturated heterocycles. The maximum Gasteiger partial charge on any atom is 0.275 e. The number of hydrogen-bond acceptors (Lipinski definition) is 5. The molecule has 5 nitrogen and oxygen atoms in total. The number of rotatable bonds is 18. The lowest BCUT2D eigenvalue weighted by Gasteiger charge is -2.36. The van der Waals surface area contributed by atoms with Crippen LogP contribution in [0.1, 0.15) is 137 Å². The highest BCUT2D eigenvalue weighted by atomic mass is 31.1. The number of hydrogen-bond donors (Lipinski definition) is 0. The standard InChI is InChI=1S/C54H68O5P2/c1-15-51(7,8)43-33-44(52(9,10)16-2)49(58-60-56-41-29-27-37-23-19-21-25-39(37)31-41)47(35(43)5)48-36(6)46(55-54(13,14)18-4)34-45(53(11,12)17-3)50(48)59-61-57-42-30-28-38-24-20-22-26-40(38)32-42/h19-34,60-61H,15-18H2,1-14H3. The van der Waals surface area contributed by atoms with E-state index in [0.717, 1.165) is 98.6 Å². The zero-order chi connectivity index (χ0) is 44.3. The van der Waals surface area contributed by atoms with Gasteiger partial charge in [0, 0.05) is 27.8 Å². The summed E-state index contributed by atoms with van der Waals surface area (Å²) in [7, 11) is -0.601. The van der Waals surface area contributed by atoms with E-state index in [4.69, 9.17) is 22.8 Å². The van der Waals surface area contributed by atoms with Crippen LogP contribution in [0.4, 0.5) is 0 Å². The molecule has 0 radical (unpaired) electrons. The van der Waals surface area contributed by atoms with Gasteiger partial charge in [0.1, 0.15) is 34.3 Å². The molecule has 2 unspecified atom stereocenters. The van der Waals surface area contributed by atoms with Crippen molar-refractivity contribution in [3.8, 4) is 39.9 Å². The molecule has 0 saturated carbocycles. The van der Waals surface area contributed by atoms with Crippen molar-refractivity contribution in [3.63, 3.8) is 0 Å². The van der Waals surface area contributed by atoms with Crippen molar-refractivity contribution in [2.75, 3.05) is 0 Å². The van der Waals surface area contributed by atoms with Gasteiger partial charge >= 0.3 is 0 Å². The quantitative estimate of drug-likeness (QED) is 0.0806. The van der Waals surface area contributed by atoms with Gasteiger partial charge in [0.15, 0.2) is 0 Å². The third-order valence-corrected chi connectivity index (χ3v) is 14.6. The molecule has 0 amide bonds. The van der Waals surface area contributed by atoms with Gasteiger partial charge in [-0.25, -0.2) is 0 Å². The van der Waals surface area contributed by atoms with Gasteiger partial charge in [-0.15, -0.1) is 0 Å². The van der Waals surface area contributed by atoms with Gasteiger partial charge in [-0.3, -0.25) is 0 Å². The lowest BCUT2D eigenvalue weighted by molar-refractivity contribution is 0.104. The molecule has 0 N–H and O–H groups in total. The number of fused-ring (bicyclic) bond motifs is 2. The zero-order valence-electron chi connectivity index (χ0n) is 39.1. The Bertz CT molecular complexity index is 2500. The van der Waals surface area contributed by atoms with Crippen molar-refractivity contribution in [2.24, 2.45) is 0 Å². The van der Waals surface area contributed by atoms with E-state index in [1.165, 1.54) is 16.3 Å². The lowest BCUT2D eigenvalue weighted by Crippen LogP contribution is -2.28. The molecular weight excluding hydrogens is 791 g/mol. The summed E-state index contributed by atoms with van der Waals surface area (Å²) in [6.45, 7) is 31.7. The fraction of sp³-hybridized carbons (Fsp3) is 0.407. The zero-order valence-corrected chi connectivity index (χ0v) is 41.1. The Morgan fingerprint density at radius 1 is 0.426 bits per heavy atom. The van der Waals surface area contributed by atoms with Gasteiger partial charge in [-0.05, 0) is 133 Å². The first-order valence-corrected chi connectivity index (χ1v) is 23.7. The van der Waals surface area contributed by atoms with Gasteiger partial charge in [0.25, 0.3) is 18.1 Å². The summed E-state index contributed by atoms with van der Waals surface area (Å²) in [5, 5.41) is 4.59. The van der Waals surface area contributed by atoms with Crippen LogP contribution < -0.4 is 22.8 Å². The second-order valence-corrected chi connectivity index (χ2v) is 20.2. The Labute approximate surface area is 370 Å². The molecule has 0 aliphatic heterocycles. The summed E-state index contributed by atoms with van der Waals surface area (Å²) < 4.78 is 34.3. The van der Waals surface area contributed by atoms with Crippen LogP contribution in [0, 0.1) is 13.8 Å². The lowest BCUT2D eigenvalue weighted by atomic mass is 9.71. The van der Waals surface area contributed by atoms with Crippen LogP contribution in [0.5, 0.6) is 28.7 Å². The Balaban J connectivity index is 1.62. The van der Waals surface area contributed by atoms with E-state index < -0.39 is 5.60 Å². The first-order chi connectivity index (χ1) is 28.9. The van der Waals surface area contributed by atoms with Gasteiger partial charge in [0.05, 0.1) is 0 Å². The minimum absolute atomic E-state index is 0.125. The van der Waals surface area contributed by atoms with E-state index in [1.54, 1.807) is 0 Å². The SMILES string of the molecule is CCC(C)(C)Oc1cc(C(C)(C)CC)c(OPOc2ccc3ccccc3c2)c(-c2c(C)c(C(C)(C)CC)cc(C(C)(C)CC)c2OPOc2ccc3ccccc3c2)c1C. The molecule has 0 bridgehead atoms. The van der Waals surface area contributed by atoms with E-state index >= 15 is 0 Å². The molecule has 0 aromatic heterocycles. The maximum atomic E-state index is 7.13. The molecule has 6 rings (SSSR count). The average Bonchev–Trinajstić information content (AvgIpc) is 3.24. The van der Waals surface area contributed by atoms with Crippen molar-refractivity contribution in [3.05, 3.63) is 125 Å². The fourth-order valence-corrected chi connectivity index (χ4v) is 8.86. The first kappa shape index (κ1) is 46.2. The molecule has 324 valence electrons. The second-order valence-electron chi connectivity index (χ2n) is 19.1. The summed E-state index contributed by atoms with van der Waals surface area (Å²) in [5.41, 5.74) is 6.63. The van der Waals surface area contributed by atoms with Crippen molar-refractivity contribution >= 4 is 39.6 Å². The summed E-state index contributed by atoms with van der Waals surface area (Å²) in [6, 6.07) is 33.8. The largest absolute Gasteiger partial charge is 0.488 e. The van der Waals surface area contributed by atoms with Crippen molar-refractivity contribution in [1.82, 2.24) is 0 Å². The smallest absolute Gasteiger partial charge is 0.275 e. The summed E-state index contributed by atoms with van der Waals surface area (Å²) in [5.74, 6) is 4.00. The highest BCUT2D eigenvalue weighted by Gasteiger charge is 2.37. The minimum atomic E-state index is -0.399. The molecule has 0 aliphatic carbocycles. The van der Waals surface area contributed by atoms with Crippen LogP contribution >= 0.6 is 18.1 Å². The molecule has 6 aromatic rings. The second kappa shape index (κ2) is 18.6. The van der Waals surface area contributed by atoms with Crippen LogP contribution in [0.15, 0.2) is 97.1 Å². The van der Waals surface area contributed by atoms with Gasteiger partial charge in [0.2, 0.25) is 0 Å². The molecule has 0 heterocycles. The third kappa shape index (κ3) is 10.0. The number of ether oxygens (including phenoxy) is 1. The normalized spacial score (nSPS) is 12.9. The topological polar surface area (TPSA) is 46.2 Å². The van der Waals surface area contributed by atoms with E-state index in [0.29, 0.717) is 0 Å². The molecule has 61 heavy (non-hydrogen) atoms. The molecule has 7 heteroatoms. The summed E-state index contributed by atoms with van der Waals surface area (Å²) in [6.07, 6.45) is 3.62. The predicted octanol–water partition coefficient (Wildman–Crippen LogP) is 16.8. The van der Waals surface area contributed by atoms with Crippen LogP contribution in [-0.2, 0) is 16.2 Å². The number of benzene rings is 6. The van der Waals surface area contributed by atoms with Crippen molar-refractivity contribution < 1.29 is 22.8 Å². The van der Waals surface area contributed by atoms with Gasteiger partial charge in [-0.2, -0.15) is 0 Å². The maximum absolute atomic E-state index is 7.13. The van der Waals surface area contributed by atoms with Crippen molar-refractivity contribution in [1.29, 1.82) is 0 Å². The van der Waals surface area contributed by atoms with Crippen LogP contribution in [0.25, 0.3) is 32.7 Å². The van der Waals surface area contributed by atoms with E-state index in [1.807, 2.05) is 12.1 Å². The Kier molecular flexibility index (Phi) is 14.1. The molecule has 2 atom stereocenters. The minimum Gasteiger partial charge on any atom is -0.488 e. The predicted molar refractivity (Wildman–Crippen MR) is 263 cm³/mol. The average molecular weight is 859 g/mol. The molecule has 0 aliphatic rings. The monoisotopic (exact) mass is 858 g/mol. The molecular formula is C54H68O5P2. The van der Waals surface area contributed by atoms with Crippen LogP contribution in [0.3, 0.4) is 0 Å². The molecule has 0 spiro atoms. The summed E-state index contributed by atoms with van der Waals surface area (Å²) in [4.78, 5) is 0. The van der Waals surface area contributed by atoms with Crippen LogP contribution in [0.2, 0.25) is 0 Å². The van der Waals surface area contributed by atoms with E-state index in [-0.39, 0.29) is 34.3 Å². The van der Waals surface area contributed by atoms with E-state index in [2.05, 4.69) is 182 Å². The Morgan fingerprint density at radius 3 is 1.28 bits per heavy atom. The van der Waals surface area contributed by atoms with Gasteiger partial charge in [-0.1, -0.05) is 136 Å². The Morgan fingerprint density at radius 2 is 0.836 bits per heavy atom. The van der Waals surface area contributed by atoms with Crippen molar-refractivity contribution in [2.45, 2.75) is 144 Å². The Hall–Kier alpha value is -4.30. The first-order valence-electron chi connectivity index (χ1n) is 22.1. The highest BCUT2D eigenvalue weighted by molar-refractivity contribution is 7.27. The van der Waals surface area contributed by atoms with E-state index in [9.17, 15) is 0 Å². The highest BCUT2D eigenvalue weighted by Crippen LogP contribution is 2.56. The van der Waals surface area contributed by atoms with Gasteiger partial charge < -0.3 is 22.8 Å². The summed E-state index contributed by atoms with van der Waals surface area (Å²) >= 11 is 0.